The van der Waals surface area contributed by atoms with E-state index in [-0.39, 0.29) is 23.9 Å². The van der Waals surface area contributed by atoms with E-state index in [4.69, 9.17) is 5.26 Å². The molecule has 0 aromatic heterocycles. The molecule has 3 unspecified atom stereocenters. The highest BCUT2D eigenvalue weighted by molar-refractivity contribution is 5.81. The van der Waals surface area contributed by atoms with Gasteiger partial charge in [-0.05, 0) is 26.7 Å². The molecule has 1 amide bonds. The van der Waals surface area contributed by atoms with E-state index in [1.165, 1.54) is 6.42 Å². The van der Waals surface area contributed by atoms with Crippen molar-refractivity contribution in [3.05, 3.63) is 0 Å². The Hall–Kier alpha value is -1.08. The van der Waals surface area contributed by atoms with Crippen molar-refractivity contribution in [2.45, 2.75) is 58.0 Å². The first-order valence-corrected chi connectivity index (χ1v) is 6.62. The summed E-state index contributed by atoms with van der Waals surface area (Å²) in [4.78, 5) is 11.6. The number of hydrogen-bond acceptors (Lipinski definition) is 3. The minimum absolute atomic E-state index is 0.0217. The summed E-state index contributed by atoms with van der Waals surface area (Å²) in [6, 6.07) is 2.33. The fourth-order valence-electron chi connectivity index (χ4n) is 2.39. The Kier molecular flexibility index (Phi) is 5.99. The van der Waals surface area contributed by atoms with E-state index in [9.17, 15) is 4.79 Å². The van der Waals surface area contributed by atoms with E-state index in [1.807, 2.05) is 13.8 Å². The van der Waals surface area contributed by atoms with E-state index in [0.29, 0.717) is 6.54 Å². The lowest BCUT2D eigenvalue weighted by Crippen LogP contribution is -2.48. The maximum Gasteiger partial charge on any atom is 0.236 e. The van der Waals surface area contributed by atoms with Gasteiger partial charge in [-0.1, -0.05) is 19.3 Å². The normalized spacial score (nSPS) is 26.6. The highest BCUT2D eigenvalue weighted by Gasteiger charge is 2.26. The summed E-state index contributed by atoms with van der Waals surface area (Å²) >= 11 is 0. The van der Waals surface area contributed by atoms with Gasteiger partial charge in [0.25, 0.3) is 0 Å². The van der Waals surface area contributed by atoms with Crippen molar-refractivity contribution >= 4 is 5.91 Å². The molecular formula is C13H23N3O. The molecule has 1 fully saturated rings. The lowest BCUT2D eigenvalue weighted by molar-refractivity contribution is -0.122. The second-order valence-electron chi connectivity index (χ2n) is 4.76. The zero-order valence-electron chi connectivity index (χ0n) is 10.8. The lowest BCUT2D eigenvalue weighted by Gasteiger charge is -2.24. The molecule has 0 saturated heterocycles. The largest absolute Gasteiger partial charge is 0.355 e. The number of hydrogen-bond donors (Lipinski definition) is 2. The number of rotatable bonds is 4. The molecule has 0 radical (unpaired) electrons. The molecule has 3 atom stereocenters. The summed E-state index contributed by atoms with van der Waals surface area (Å²) in [5, 5.41) is 15.3. The van der Waals surface area contributed by atoms with Crippen LogP contribution in [0.3, 0.4) is 0 Å². The summed E-state index contributed by atoms with van der Waals surface area (Å²) in [6.07, 6.45) is 5.44. The van der Waals surface area contributed by atoms with Crippen LogP contribution in [0.15, 0.2) is 0 Å². The van der Waals surface area contributed by atoms with E-state index < -0.39 is 0 Å². The third-order valence-electron chi connectivity index (χ3n) is 3.39. The van der Waals surface area contributed by atoms with Crippen LogP contribution in [-0.2, 0) is 4.79 Å². The third-order valence-corrected chi connectivity index (χ3v) is 3.39. The van der Waals surface area contributed by atoms with Gasteiger partial charge in [-0.2, -0.15) is 5.26 Å². The SMILES string of the molecule is CCNC(=O)C(C)NC1CCCCCC1C#N. The van der Waals surface area contributed by atoms with Crippen molar-refractivity contribution in [3.8, 4) is 6.07 Å². The molecule has 0 aromatic carbocycles. The third kappa shape index (κ3) is 4.35. The van der Waals surface area contributed by atoms with Gasteiger partial charge >= 0.3 is 0 Å². The molecule has 1 aliphatic carbocycles. The van der Waals surface area contributed by atoms with Gasteiger partial charge < -0.3 is 10.6 Å². The van der Waals surface area contributed by atoms with Crippen LogP contribution < -0.4 is 10.6 Å². The molecule has 0 spiro atoms. The first kappa shape index (κ1) is 14.0. The van der Waals surface area contributed by atoms with Crippen molar-refractivity contribution in [3.63, 3.8) is 0 Å². The average Bonchev–Trinajstić information content (AvgIpc) is 2.54. The fraction of sp³-hybridized carbons (Fsp3) is 0.846. The molecule has 17 heavy (non-hydrogen) atoms. The molecule has 4 heteroatoms. The topological polar surface area (TPSA) is 64.9 Å². The number of nitriles is 1. The second kappa shape index (κ2) is 7.29. The number of carbonyl (C=O) groups excluding carboxylic acids is 1. The van der Waals surface area contributed by atoms with E-state index in [2.05, 4.69) is 16.7 Å². The lowest BCUT2D eigenvalue weighted by atomic mass is 9.95. The van der Waals surface area contributed by atoms with Gasteiger partial charge in [-0.15, -0.1) is 0 Å². The van der Waals surface area contributed by atoms with Gasteiger partial charge in [0.05, 0.1) is 18.0 Å². The number of carbonyl (C=O) groups is 1. The first-order chi connectivity index (χ1) is 8.19. The molecule has 1 rings (SSSR count). The highest BCUT2D eigenvalue weighted by atomic mass is 16.2. The molecule has 1 aliphatic rings. The van der Waals surface area contributed by atoms with Crippen molar-refractivity contribution in [2.24, 2.45) is 5.92 Å². The molecule has 0 heterocycles. The fourth-order valence-corrected chi connectivity index (χ4v) is 2.39. The Morgan fingerprint density at radius 2 is 2.12 bits per heavy atom. The van der Waals surface area contributed by atoms with Gasteiger partial charge in [-0.3, -0.25) is 4.79 Å². The van der Waals surface area contributed by atoms with Crippen molar-refractivity contribution in [1.29, 1.82) is 5.26 Å². The Balaban J connectivity index is 2.52. The van der Waals surface area contributed by atoms with Crippen LogP contribution in [0.1, 0.15) is 46.0 Å². The van der Waals surface area contributed by atoms with Gasteiger partial charge in [0, 0.05) is 12.6 Å². The number of nitrogens with one attached hydrogen (secondary N) is 2. The molecule has 2 N–H and O–H groups in total. The monoisotopic (exact) mass is 237 g/mol. The summed E-state index contributed by atoms with van der Waals surface area (Å²) in [6.45, 7) is 4.43. The average molecular weight is 237 g/mol. The van der Waals surface area contributed by atoms with Crippen LogP contribution in [0.4, 0.5) is 0 Å². The van der Waals surface area contributed by atoms with Crippen LogP contribution in [-0.4, -0.2) is 24.5 Å². The van der Waals surface area contributed by atoms with Crippen LogP contribution >= 0.6 is 0 Å². The van der Waals surface area contributed by atoms with E-state index >= 15 is 0 Å². The summed E-state index contributed by atoms with van der Waals surface area (Å²) < 4.78 is 0. The number of nitrogens with zero attached hydrogens (tertiary/aromatic N) is 1. The molecule has 0 aliphatic heterocycles. The predicted molar refractivity (Wildman–Crippen MR) is 67.3 cm³/mol. The standard InChI is InChI=1S/C13H23N3O/c1-3-15-13(17)10(2)16-12-8-6-4-5-7-11(12)9-14/h10-12,16H,3-8H2,1-2H3,(H,15,17). The van der Waals surface area contributed by atoms with Crippen LogP contribution in [0.2, 0.25) is 0 Å². The van der Waals surface area contributed by atoms with Gasteiger partial charge in [0.1, 0.15) is 0 Å². The van der Waals surface area contributed by atoms with Crippen LogP contribution in [0, 0.1) is 17.2 Å². The molecule has 0 aromatic rings. The zero-order valence-corrected chi connectivity index (χ0v) is 10.8. The van der Waals surface area contributed by atoms with Gasteiger partial charge in [0.2, 0.25) is 5.91 Å². The molecular weight excluding hydrogens is 214 g/mol. The zero-order chi connectivity index (χ0) is 12.7. The summed E-state index contributed by atoms with van der Waals surface area (Å²) in [5.41, 5.74) is 0. The Bertz CT molecular complexity index is 285. The van der Waals surface area contributed by atoms with Crippen LogP contribution in [0.5, 0.6) is 0 Å². The van der Waals surface area contributed by atoms with Gasteiger partial charge in [-0.25, -0.2) is 0 Å². The Morgan fingerprint density at radius 1 is 1.41 bits per heavy atom. The van der Waals surface area contributed by atoms with Crippen molar-refractivity contribution in [2.75, 3.05) is 6.54 Å². The van der Waals surface area contributed by atoms with Crippen molar-refractivity contribution < 1.29 is 4.79 Å². The second-order valence-corrected chi connectivity index (χ2v) is 4.76. The minimum atomic E-state index is -0.214. The first-order valence-electron chi connectivity index (χ1n) is 6.62. The summed E-state index contributed by atoms with van der Waals surface area (Å²) in [5.74, 6) is 0.0720. The maximum atomic E-state index is 11.6. The van der Waals surface area contributed by atoms with Gasteiger partial charge in [0.15, 0.2) is 0 Å². The molecule has 96 valence electrons. The molecule has 0 bridgehead atoms. The summed E-state index contributed by atoms with van der Waals surface area (Å²) in [7, 11) is 0. The van der Waals surface area contributed by atoms with E-state index in [1.54, 1.807) is 0 Å². The maximum absolute atomic E-state index is 11.6. The minimum Gasteiger partial charge on any atom is -0.355 e. The number of amides is 1. The van der Waals surface area contributed by atoms with E-state index in [0.717, 1.165) is 25.7 Å². The quantitative estimate of drug-likeness (QED) is 0.729. The molecule has 1 saturated carbocycles. The van der Waals surface area contributed by atoms with Crippen molar-refractivity contribution in [1.82, 2.24) is 10.6 Å². The predicted octanol–water partition coefficient (Wildman–Crippen LogP) is 1.57. The molecule has 4 nitrogen and oxygen atoms in total. The highest BCUT2D eigenvalue weighted by Crippen LogP contribution is 2.23. The Labute approximate surface area is 104 Å². The number of likely N-dealkylation sites (N-methyl/N-ethyl adjacent to an activating group) is 1. The Morgan fingerprint density at radius 3 is 2.76 bits per heavy atom. The smallest absolute Gasteiger partial charge is 0.236 e. The van der Waals surface area contributed by atoms with Crippen LogP contribution in [0.25, 0.3) is 0 Å².